The van der Waals surface area contributed by atoms with E-state index in [1.54, 1.807) is 0 Å². The predicted octanol–water partition coefficient (Wildman–Crippen LogP) is 1.68. The molecule has 0 unspecified atom stereocenters. The van der Waals surface area contributed by atoms with Crippen molar-refractivity contribution in [2.24, 2.45) is 5.41 Å². The van der Waals surface area contributed by atoms with E-state index in [0.29, 0.717) is 6.42 Å². The van der Waals surface area contributed by atoms with Crippen LogP contribution < -0.4 is 10.6 Å². The molecule has 0 spiro atoms. The molecule has 1 rings (SSSR count). The fourth-order valence-corrected chi connectivity index (χ4v) is 1.45. The van der Waals surface area contributed by atoms with Crippen LogP contribution in [0.2, 0.25) is 0 Å². The summed E-state index contributed by atoms with van der Waals surface area (Å²) in [4.78, 5) is 11.4. The normalized spacial score (nSPS) is 16.5. The smallest absolute Gasteiger partial charge is 0.220 e. The number of amides is 1. The highest BCUT2D eigenvalue weighted by Crippen LogP contribution is 2.18. The van der Waals surface area contributed by atoms with Gasteiger partial charge in [0, 0.05) is 19.0 Å². The Morgan fingerprint density at radius 1 is 1.27 bits per heavy atom. The Balaban J connectivity index is 1.91. The third-order valence-electron chi connectivity index (χ3n) is 2.38. The van der Waals surface area contributed by atoms with Gasteiger partial charge in [0.1, 0.15) is 0 Å². The predicted molar refractivity (Wildman–Crippen MR) is 62.7 cm³/mol. The molecule has 0 atom stereocenters. The number of hydrogen-bond donors (Lipinski definition) is 2. The average Bonchev–Trinajstić information content (AvgIpc) is 2.83. The Hall–Kier alpha value is -0.570. The zero-order valence-electron chi connectivity index (χ0n) is 10.2. The quantitative estimate of drug-likeness (QED) is 0.658. The Kier molecular flexibility index (Phi) is 4.58. The van der Waals surface area contributed by atoms with Crippen molar-refractivity contribution in [3.05, 3.63) is 0 Å². The summed E-state index contributed by atoms with van der Waals surface area (Å²) >= 11 is 0. The number of carbonyl (C=O) groups is 1. The van der Waals surface area contributed by atoms with Gasteiger partial charge in [0.25, 0.3) is 0 Å². The molecule has 2 N–H and O–H groups in total. The molecule has 1 aliphatic carbocycles. The molecule has 1 fully saturated rings. The van der Waals surface area contributed by atoms with Gasteiger partial charge in [-0.3, -0.25) is 4.79 Å². The van der Waals surface area contributed by atoms with Crippen molar-refractivity contribution in [2.45, 2.75) is 52.5 Å². The van der Waals surface area contributed by atoms with Crippen LogP contribution in [-0.2, 0) is 4.79 Å². The van der Waals surface area contributed by atoms with Gasteiger partial charge in [-0.1, -0.05) is 20.8 Å². The topological polar surface area (TPSA) is 41.1 Å². The van der Waals surface area contributed by atoms with Gasteiger partial charge in [0.15, 0.2) is 0 Å². The molecule has 0 aromatic rings. The lowest BCUT2D eigenvalue weighted by atomic mass is 9.92. The second-order valence-electron chi connectivity index (χ2n) is 5.67. The lowest BCUT2D eigenvalue weighted by molar-refractivity contribution is -0.122. The maximum Gasteiger partial charge on any atom is 0.220 e. The molecule has 1 amide bonds. The molecule has 15 heavy (non-hydrogen) atoms. The second kappa shape index (κ2) is 5.50. The van der Waals surface area contributed by atoms with Crippen LogP contribution in [0.4, 0.5) is 0 Å². The maximum atomic E-state index is 11.4. The summed E-state index contributed by atoms with van der Waals surface area (Å²) < 4.78 is 0. The second-order valence-corrected chi connectivity index (χ2v) is 5.67. The summed E-state index contributed by atoms with van der Waals surface area (Å²) in [6.45, 7) is 8.08. The first kappa shape index (κ1) is 12.5. The van der Waals surface area contributed by atoms with Gasteiger partial charge in [0.2, 0.25) is 5.91 Å². The number of nitrogens with one attached hydrogen (secondary N) is 2. The van der Waals surface area contributed by atoms with Crippen LogP contribution in [0.15, 0.2) is 0 Å². The standard InChI is InChI=1S/C12H24N2O/c1-12(2,3)9-11(15)14-8-4-7-13-10-5-6-10/h10,13H,4-9H2,1-3H3,(H,14,15). The number of carbonyl (C=O) groups excluding carboxylic acids is 1. The van der Waals surface area contributed by atoms with Crippen LogP contribution >= 0.6 is 0 Å². The fourth-order valence-electron chi connectivity index (χ4n) is 1.45. The van der Waals surface area contributed by atoms with Crippen LogP contribution in [0.5, 0.6) is 0 Å². The first-order valence-electron chi connectivity index (χ1n) is 5.97. The van der Waals surface area contributed by atoms with Gasteiger partial charge in [-0.05, 0) is 31.2 Å². The van der Waals surface area contributed by atoms with E-state index in [1.165, 1.54) is 12.8 Å². The Labute approximate surface area is 93.0 Å². The SMILES string of the molecule is CC(C)(C)CC(=O)NCCCNC1CC1. The lowest BCUT2D eigenvalue weighted by Crippen LogP contribution is -2.30. The highest BCUT2D eigenvalue weighted by molar-refractivity contribution is 5.76. The van der Waals surface area contributed by atoms with Crippen LogP contribution in [-0.4, -0.2) is 25.0 Å². The molecule has 0 aliphatic heterocycles. The van der Waals surface area contributed by atoms with Crippen molar-refractivity contribution < 1.29 is 4.79 Å². The highest BCUT2D eigenvalue weighted by Gasteiger charge is 2.19. The molecule has 0 aromatic heterocycles. The largest absolute Gasteiger partial charge is 0.356 e. The zero-order valence-corrected chi connectivity index (χ0v) is 10.2. The molecule has 3 nitrogen and oxygen atoms in total. The lowest BCUT2D eigenvalue weighted by Gasteiger charge is -2.17. The van der Waals surface area contributed by atoms with E-state index in [4.69, 9.17) is 0 Å². The van der Waals surface area contributed by atoms with Crippen LogP contribution in [0.1, 0.15) is 46.5 Å². The first-order valence-corrected chi connectivity index (χ1v) is 5.97. The van der Waals surface area contributed by atoms with E-state index in [0.717, 1.165) is 25.6 Å². The van der Waals surface area contributed by atoms with E-state index in [9.17, 15) is 4.79 Å². The van der Waals surface area contributed by atoms with Gasteiger partial charge >= 0.3 is 0 Å². The molecular formula is C12H24N2O. The van der Waals surface area contributed by atoms with Gasteiger partial charge < -0.3 is 10.6 Å². The van der Waals surface area contributed by atoms with Crippen molar-refractivity contribution in [3.8, 4) is 0 Å². The van der Waals surface area contributed by atoms with Crippen LogP contribution in [0.25, 0.3) is 0 Å². The zero-order chi connectivity index (χ0) is 11.3. The summed E-state index contributed by atoms with van der Waals surface area (Å²) in [6, 6.07) is 0.773. The molecule has 1 aliphatic rings. The first-order chi connectivity index (χ1) is 6.97. The van der Waals surface area contributed by atoms with Crippen molar-refractivity contribution in [1.82, 2.24) is 10.6 Å². The molecule has 0 radical (unpaired) electrons. The summed E-state index contributed by atoms with van der Waals surface area (Å²) in [5.74, 6) is 0.175. The minimum Gasteiger partial charge on any atom is -0.356 e. The van der Waals surface area contributed by atoms with Crippen LogP contribution in [0.3, 0.4) is 0 Å². The molecule has 0 saturated heterocycles. The molecule has 1 saturated carbocycles. The number of rotatable bonds is 6. The molecule has 0 heterocycles. The minimum absolute atomic E-state index is 0.0936. The Morgan fingerprint density at radius 2 is 1.93 bits per heavy atom. The maximum absolute atomic E-state index is 11.4. The van der Waals surface area contributed by atoms with Crippen molar-refractivity contribution >= 4 is 5.91 Å². The number of hydrogen-bond acceptors (Lipinski definition) is 2. The van der Waals surface area contributed by atoms with E-state index in [1.807, 2.05) is 0 Å². The van der Waals surface area contributed by atoms with Crippen LogP contribution in [0, 0.1) is 5.41 Å². The summed E-state index contributed by atoms with van der Waals surface area (Å²) in [6.07, 6.45) is 4.31. The molecule has 0 bridgehead atoms. The van der Waals surface area contributed by atoms with Crippen molar-refractivity contribution in [1.29, 1.82) is 0 Å². The highest BCUT2D eigenvalue weighted by atomic mass is 16.1. The fraction of sp³-hybridized carbons (Fsp3) is 0.917. The van der Waals surface area contributed by atoms with Gasteiger partial charge in [0.05, 0.1) is 0 Å². The molecule has 0 aromatic carbocycles. The van der Waals surface area contributed by atoms with Crippen molar-refractivity contribution in [2.75, 3.05) is 13.1 Å². The van der Waals surface area contributed by atoms with Crippen molar-refractivity contribution in [3.63, 3.8) is 0 Å². The third kappa shape index (κ3) is 7.37. The van der Waals surface area contributed by atoms with E-state index < -0.39 is 0 Å². The molecule has 88 valence electrons. The Bertz CT molecular complexity index is 204. The van der Waals surface area contributed by atoms with E-state index in [2.05, 4.69) is 31.4 Å². The summed E-state index contributed by atoms with van der Waals surface area (Å²) in [5.41, 5.74) is 0.0936. The average molecular weight is 212 g/mol. The monoisotopic (exact) mass is 212 g/mol. The van der Waals surface area contributed by atoms with E-state index >= 15 is 0 Å². The Morgan fingerprint density at radius 3 is 2.47 bits per heavy atom. The summed E-state index contributed by atoms with van der Waals surface area (Å²) in [5, 5.41) is 6.38. The minimum atomic E-state index is 0.0936. The molecular weight excluding hydrogens is 188 g/mol. The van der Waals surface area contributed by atoms with Gasteiger partial charge in [-0.15, -0.1) is 0 Å². The van der Waals surface area contributed by atoms with E-state index in [-0.39, 0.29) is 11.3 Å². The van der Waals surface area contributed by atoms with Gasteiger partial charge in [-0.25, -0.2) is 0 Å². The third-order valence-corrected chi connectivity index (χ3v) is 2.38. The molecule has 3 heteroatoms. The van der Waals surface area contributed by atoms with Gasteiger partial charge in [-0.2, -0.15) is 0 Å². The summed E-state index contributed by atoms with van der Waals surface area (Å²) in [7, 11) is 0.